The van der Waals surface area contributed by atoms with E-state index in [1.54, 1.807) is 11.8 Å². The molecule has 18 heavy (non-hydrogen) atoms. The SMILES string of the molecule is CSc1cccc(CN(C)Cc2cn[nH]c2C)c1. The van der Waals surface area contributed by atoms with Crippen molar-refractivity contribution in [3.63, 3.8) is 0 Å². The standard InChI is InChI=1S/C14H19N3S/c1-11-13(8-15-16-11)10-17(2)9-12-5-4-6-14(7-12)18-3/h4-8H,9-10H2,1-3H3,(H,15,16). The van der Waals surface area contributed by atoms with Gasteiger partial charge in [-0.15, -0.1) is 11.8 Å². The quantitative estimate of drug-likeness (QED) is 0.839. The Bertz CT molecular complexity index is 507. The average molecular weight is 261 g/mol. The van der Waals surface area contributed by atoms with Gasteiger partial charge in [-0.05, 0) is 37.9 Å². The maximum absolute atomic E-state index is 4.05. The van der Waals surface area contributed by atoms with E-state index in [0.717, 1.165) is 18.8 Å². The Morgan fingerprint density at radius 1 is 1.33 bits per heavy atom. The molecule has 0 bridgehead atoms. The van der Waals surface area contributed by atoms with Crippen molar-refractivity contribution in [3.8, 4) is 0 Å². The van der Waals surface area contributed by atoms with Gasteiger partial charge in [0.2, 0.25) is 0 Å². The van der Waals surface area contributed by atoms with Gasteiger partial charge in [0, 0.05) is 29.2 Å². The molecule has 0 saturated carbocycles. The van der Waals surface area contributed by atoms with Gasteiger partial charge in [0.05, 0.1) is 6.20 Å². The molecule has 2 aromatic rings. The molecule has 2 rings (SSSR count). The van der Waals surface area contributed by atoms with Gasteiger partial charge in [-0.1, -0.05) is 12.1 Å². The van der Waals surface area contributed by atoms with Gasteiger partial charge in [0.15, 0.2) is 0 Å². The van der Waals surface area contributed by atoms with E-state index in [1.807, 2.05) is 6.20 Å². The summed E-state index contributed by atoms with van der Waals surface area (Å²) < 4.78 is 0. The van der Waals surface area contributed by atoms with E-state index in [-0.39, 0.29) is 0 Å². The summed E-state index contributed by atoms with van der Waals surface area (Å²) in [6.45, 7) is 3.94. The second-order valence-corrected chi connectivity index (χ2v) is 5.42. The zero-order valence-corrected chi connectivity index (χ0v) is 11.9. The van der Waals surface area contributed by atoms with Gasteiger partial charge in [-0.3, -0.25) is 10.00 Å². The first-order valence-electron chi connectivity index (χ1n) is 5.99. The molecule has 0 saturated heterocycles. The van der Waals surface area contributed by atoms with Crippen molar-refractivity contribution in [2.24, 2.45) is 0 Å². The van der Waals surface area contributed by atoms with Crippen LogP contribution in [0.2, 0.25) is 0 Å². The van der Waals surface area contributed by atoms with Crippen LogP contribution in [0.1, 0.15) is 16.8 Å². The molecule has 1 heterocycles. The number of benzene rings is 1. The second kappa shape index (κ2) is 6.07. The molecule has 1 N–H and O–H groups in total. The smallest absolute Gasteiger partial charge is 0.0535 e. The van der Waals surface area contributed by atoms with Crippen LogP contribution in [0.4, 0.5) is 0 Å². The third-order valence-corrected chi connectivity index (χ3v) is 3.69. The minimum Gasteiger partial charge on any atom is -0.298 e. The topological polar surface area (TPSA) is 31.9 Å². The number of thioether (sulfide) groups is 1. The molecule has 3 nitrogen and oxygen atoms in total. The fraction of sp³-hybridized carbons (Fsp3) is 0.357. The molecule has 0 aliphatic heterocycles. The van der Waals surface area contributed by atoms with Crippen molar-refractivity contribution in [1.29, 1.82) is 0 Å². The maximum atomic E-state index is 4.05. The zero-order valence-electron chi connectivity index (χ0n) is 11.1. The molecular formula is C14H19N3S. The minimum absolute atomic E-state index is 0.922. The molecule has 1 aromatic heterocycles. The Kier molecular flexibility index (Phi) is 4.44. The number of hydrogen-bond acceptors (Lipinski definition) is 3. The fourth-order valence-electron chi connectivity index (χ4n) is 1.96. The lowest BCUT2D eigenvalue weighted by Crippen LogP contribution is -2.17. The van der Waals surface area contributed by atoms with Crippen LogP contribution in [0, 0.1) is 6.92 Å². The second-order valence-electron chi connectivity index (χ2n) is 4.54. The van der Waals surface area contributed by atoms with Crippen molar-refractivity contribution in [2.75, 3.05) is 13.3 Å². The average Bonchev–Trinajstić information content (AvgIpc) is 2.75. The molecular weight excluding hydrogens is 242 g/mol. The molecule has 96 valence electrons. The summed E-state index contributed by atoms with van der Waals surface area (Å²) in [5, 5.41) is 7.03. The number of nitrogens with zero attached hydrogens (tertiary/aromatic N) is 2. The molecule has 0 radical (unpaired) electrons. The number of H-pyrrole nitrogens is 1. The summed E-state index contributed by atoms with van der Waals surface area (Å²) >= 11 is 1.78. The van der Waals surface area contributed by atoms with E-state index in [2.05, 4.69) is 59.6 Å². The number of rotatable bonds is 5. The van der Waals surface area contributed by atoms with Gasteiger partial charge in [-0.25, -0.2) is 0 Å². The summed E-state index contributed by atoms with van der Waals surface area (Å²) in [6, 6.07) is 8.70. The highest BCUT2D eigenvalue weighted by atomic mass is 32.2. The third-order valence-electron chi connectivity index (χ3n) is 2.96. The van der Waals surface area contributed by atoms with Crippen molar-refractivity contribution < 1.29 is 0 Å². The predicted octanol–water partition coefficient (Wildman–Crippen LogP) is 3.07. The van der Waals surface area contributed by atoms with E-state index >= 15 is 0 Å². The molecule has 0 aliphatic rings. The molecule has 0 spiro atoms. The van der Waals surface area contributed by atoms with Crippen LogP contribution in [0.3, 0.4) is 0 Å². The normalized spacial score (nSPS) is 11.1. The van der Waals surface area contributed by atoms with Gasteiger partial charge < -0.3 is 0 Å². The number of nitrogens with one attached hydrogen (secondary N) is 1. The van der Waals surface area contributed by atoms with Crippen LogP contribution in [0.25, 0.3) is 0 Å². The Labute approximate surface area is 113 Å². The van der Waals surface area contributed by atoms with Crippen LogP contribution in [-0.2, 0) is 13.1 Å². The lowest BCUT2D eigenvalue weighted by molar-refractivity contribution is 0.318. The number of aryl methyl sites for hydroxylation is 1. The van der Waals surface area contributed by atoms with E-state index < -0.39 is 0 Å². The third kappa shape index (κ3) is 3.37. The minimum atomic E-state index is 0.922. The first-order valence-corrected chi connectivity index (χ1v) is 7.22. The van der Waals surface area contributed by atoms with Gasteiger partial charge in [0.25, 0.3) is 0 Å². The Balaban J connectivity index is 1.98. The Morgan fingerprint density at radius 3 is 2.83 bits per heavy atom. The molecule has 0 unspecified atom stereocenters. The van der Waals surface area contributed by atoms with Crippen molar-refractivity contribution in [2.45, 2.75) is 24.9 Å². The Hall–Kier alpha value is -1.26. The first kappa shape index (κ1) is 13.2. The molecule has 1 aromatic carbocycles. The summed E-state index contributed by atoms with van der Waals surface area (Å²) in [5.41, 5.74) is 3.77. The largest absolute Gasteiger partial charge is 0.298 e. The van der Waals surface area contributed by atoms with Crippen molar-refractivity contribution >= 4 is 11.8 Å². The monoisotopic (exact) mass is 261 g/mol. The molecule has 0 aliphatic carbocycles. The van der Waals surface area contributed by atoms with Crippen molar-refractivity contribution in [1.82, 2.24) is 15.1 Å². The highest BCUT2D eigenvalue weighted by molar-refractivity contribution is 7.98. The number of aromatic nitrogens is 2. The summed E-state index contributed by atoms with van der Waals surface area (Å²) in [6.07, 6.45) is 4.02. The van der Waals surface area contributed by atoms with Gasteiger partial charge in [0.1, 0.15) is 0 Å². The number of hydrogen-bond donors (Lipinski definition) is 1. The Morgan fingerprint density at radius 2 is 2.17 bits per heavy atom. The van der Waals surface area contributed by atoms with Crippen LogP contribution in [0.5, 0.6) is 0 Å². The highest BCUT2D eigenvalue weighted by Crippen LogP contribution is 2.17. The van der Waals surface area contributed by atoms with Crippen LogP contribution in [-0.4, -0.2) is 28.4 Å². The molecule has 4 heteroatoms. The fourth-order valence-corrected chi connectivity index (χ4v) is 2.45. The molecule has 0 atom stereocenters. The first-order chi connectivity index (χ1) is 8.69. The van der Waals surface area contributed by atoms with Crippen LogP contribution < -0.4 is 0 Å². The van der Waals surface area contributed by atoms with Gasteiger partial charge >= 0.3 is 0 Å². The van der Waals surface area contributed by atoms with Crippen LogP contribution >= 0.6 is 11.8 Å². The van der Waals surface area contributed by atoms with Crippen molar-refractivity contribution in [3.05, 3.63) is 47.3 Å². The molecule has 0 amide bonds. The van der Waals surface area contributed by atoms with E-state index in [0.29, 0.717) is 0 Å². The lowest BCUT2D eigenvalue weighted by atomic mass is 10.2. The van der Waals surface area contributed by atoms with Gasteiger partial charge in [-0.2, -0.15) is 5.10 Å². The van der Waals surface area contributed by atoms with E-state index in [4.69, 9.17) is 0 Å². The molecule has 0 fully saturated rings. The van der Waals surface area contributed by atoms with E-state index in [9.17, 15) is 0 Å². The number of aromatic amines is 1. The summed E-state index contributed by atoms with van der Waals surface area (Å²) in [4.78, 5) is 3.62. The maximum Gasteiger partial charge on any atom is 0.0535 e. The summed E-state index contributed by atoms with van der Waals surface area (Å²) in [7, 11) is 2.14. The highest BCUT2D eigenvalue weighted by Gasteiger charge is 2.06. The van der Waals surface area contributed by atoms with E-state index in [1.165, 1.54) is 16.0 Å². The zero-order chi connectivity index (χ0) is 13.0. The van der Waals surface area contributed by atoms with Crippen LogP contribution in [0.15, 0.2) is 35.4 Å². The lowest BCUT2D eigenvalue weighted by Gasteiger charge is -2.16. The predicted molar refractivity (Wildman–Crippen MR) is 76.7 cm³/mol. The summed E-state index contributed by atoms with van der Waals surface area (Å²) in [5.74, 6) is 0.